The number of hydrogen-bond acceptors (Lipinski definition) is 5. The summed E-state index contributed by atoms with van der Waals surface area (Å²) < 4.78 is 0. The third kappa shape index (κ3) is 2.41. The van der Waals surface area contributed by atoms with Gasteiger partial charge in [-0.25, -0.2) is 15.0 Å². The largest absolute Gasteiger partial charge is 0.348 e. The number of aromatic nitrogens is 5. The van der Waals surface area contributed by atoms with Crippen LogP contribution in [0.2, 0.25) is 5.15 Å². The third-order valence-electron chi connectivity index (χ3n) is 4.51. The fourth-order valence-electron chi connectivity index (χ4n) is 3.35. The van der Waals surface area contributed by atoms with Gasteiger partial charge in [0.15, 0.2) is 5.01 Å². The Morgan fingerprint density at radius 3 is 3.00 bits per heavy atom. The van der Waals surface area contributed by atoms with Crippen LogP contribution in [0.1, 0.15) is 33.1 Å². The predicted molar refractivity (Wildman–Crippen MR) is 98.4 cm³/mol. The van der Waals surface area contributed by atoms with E-state index in [0.717, 1.165) is 22.4 Å². The normalized spacial score (nSPS) is 16.8. The molecular weight excluding hydrogens is 372 g/mol. The number of para-hydroxylation sites is 2. The highest BCUT2D eigenvalue weighted by Gasteiger charge is 2.37. The van der Waals surface area contributed by atoms with Crippen LogP contribution in [-0.2, 0) is 6.42 Å². The van der Waals surface area contributed by atoms with E-state index in [9.17, 15) is 4.79 Å². The zero-order valence-corrected chi connectivity index (χ0v) is 15.0. The Morgan fingerprint density at radius 2 is 2.19 bits per heavy atom. The lowest BCUT2D eigenvalue weighted by Gasteiger charge is -2.33. The van der Waals surface area contributed by atoms with Gasteiger partial charge in [-0.1, -0.05) is 23.7 Å². The average Bonchev–Trinajstić information content (AvgIpc) is 3.38. The molecule has 0 unspecified atom stereocenters. The Morgan fingerprint density at radius 1 is 1.31 bits per heavy atom. The number of hydrogen-bond donors (Lipinski definition) is 2. The number of imidazole rings is 2. The second-order valence-electron chi connectivity index (χ2n) is 6.03. The van der Waals surface area contributed by atoms with Crippen molar-refractivity contribution in [3.05, 3.63) is 63.3 Å². The summed E-state index contributed by atoms with van der Waals surface area (Å²) in [6, 6.07) is 7.40. The van der Waals surface area contributed by atoms with E-state index >= 15 is 0 Å². The molecule has 7 nitrogen and oxygen atoms in total. The highest BCUT2D eigenvalue weighted by Crippen LogP contribution is 2.34. The molecule has 1 aromatic carbocycles. The Balaban J connectivity index is 1.63. The molecule has 3 aromatic heterocycles. The predicted octanol–water partition coefficient (Wildman–Crippen LogP) is 3.18. The highest BCUT2D eigenvalue weighted by molar-refractivity contribution is 7.12. The maximum absolute atomic E-state index is 13.1. The summed E-state index contributed by atoms with van der Waals surface area (Å²) in [6.45, 7) is 0.549. The van der Waals surface area contributed by atoms with Crippen molar-refractivity contribution in [2.24, 2.45) is 0 Å². The van der Waals surface area contributed by atoms with E-state index in [1.54, 1.807) is 16.6 Å². The van der Waals surface area contributed by atoms with Crippen molar-refractivity contribution in [2.75, 3.05) is 6.54 Å². The first-order valence-electron chi connectivity index (χ1n) is 8.09. The van der Waals surface area contributed by atoms with Crippen molar-refractivity contribution in [3.8, 4) is 0 Å². The lowest BCUT2D eigenvalue weighted by atomic mass is 10.0. The molecule has 4 aromatic rings. The molecule has 0 bridgehead atoms. The van der Waals surface area contributed by atoms with Crippen LogP contribution in [0.3, 0.4) is 0 Å². The number of nitrogens with zero attached hydrogens (tertiary/aromatic N) is 4. The second kappa shape index (κ2) is 5.93. The van der Waals surface area contributed by atoms with Gasteiger partial charge in [-0.05, 0) is 12.1 Å². The van der Waals surface area contributed by atoms with Gasteiger partial charge >= 0.3 is 0 Å². The van der Waals surface area contributed by atoms with Crippen molar-refractivity contribution in [1.29, 1.82) is 0 Å². The number of nitrogens with one attached hydrogen (secondary N) is 2. The van der Waals surface area contributed by atoms with E-state index in [4.69, 9.17) is 16.6 Å². The fourth-order valence-corrected chi connectivity index (χ4v) is 4.25. The summed E-state index contributed by atoms with van der Waals surface area (Å²) in [7, 11) is 0. The minimum Gasteiger partial charge on any atom is -0.348 e. The summed E-state index contributed by atoms with van der Waals surface area (Å²) in [6.07, 6.45) is 2.37. The lowest BCUT2D eigenvalue weighted by molar-refractivity contribution is 0.0684. The number of amides is 1. The van der Waals surface area contributed by atoms with E-state index in [1.165, 1.54) is 11.3 Å². The van der Waals surface area contributed by atoms with Gasteiger partial charge in [-0.15, -0.1) is 11.3 Å². The van der Waals surface area contributed by atoms with Gasteiger partial charge in [0.05, 0.1) is 23.1 Å². The van der Waals surface area contributed by atoms with Gasteiger partial charge in [0, 0.05) is 24.0 Å². The summed E-state index contributed by atoms with van der Waals surface area (Å²) in [5.41, 5.74) is 3.62. The van der Waals surface area contributed by atoms with Crippen molar-refractivity contribution in [1.82, 2.24) is 29.8 Å². The van der Waals surface area contributed by atoms with E-state index in [-0.39, 0.29) is 5.91 Å². The molecule has 0 saturated carbocycles. The molecule has 2 N–H and O–H groups in total. The van der Waals surface area contributed by atoms with Crippen LogP contribution in [0.4, 0.5) is 0 Å². The second-order valence-corrected chi connectivity index (χ2v) is 7.28. The van der Waals surface area contributed by atoms with Crippen LogP contribution in [0.25, 0.3) is 11.0 Å². The van der Waals surface area contributed by atoms with E-state index < -0.39 is 6.04 Å². The van der Waals surface area contributed by atoms with Crippen molar-refractivity contribution >= 4 is 39.9 Å². The van der Waals surface area contributed by atoms with E-state index in [1.807, 2.05) is 24.3 Å². The van der Waals surface area contributed by atoms with Gasteiger partial charge in [-0.2, -0.15) is 0 Å². The average molecular weight is 385 g/mol. The number of aromatic amines is 2. The van der Waals surface area contributed by atoms with Gasteiger partial charge in [0.2, 0.25) is 0 Å². The quantitative estimate of drug-likeness (QED) is 0.555. The maximum Gasteiger partial charge on any atom is 0.283 e. The lowest BCUT2D eigenvalue weighted by Crippen LogP contribution is -2.41. The Hall–Kier alpha value is -2.71. The third-order valence-corrected chi connectivity index (χ3v) is 5.66. The number of H-pyrrole nitrogens is 2. The number of halogens is 1. The molecule has 5 rings (SSSR count). The summed E-state index contributed by atoms with van der Waals surface area (Å²) >= 11 is 7.15. The smallest absolute Gasteiger partial charge is 0.283 e. The van der Waals surface area contributed by atoms with Crippen molar-refractivity contribution < 1.29 is 4.79 Å². The first-order chi connectivity index (χ1) is 12.7. The highest BCUT2D eigenvalue weighted by atomic mass is 35.5. The van der Waals surface area contributed by atoms with Crippen LogP contribution >= 0.6 is 22.9 Å². The molecule has 1 aliphatic heterocycles. The minimum absolute atomic E-state index is 0.166. The first-order valence-corrected chi connectivity index (χ1v) is 9.35. The number of carbonyl (C=O) groups excluding carboxylic acids is 1. The van der Waals surface area contributed by atoms with Gasteiger partial charge < -0.3 is 14.9 Å². The number of carbonyl (C=O) groups is 1. The molecule has 1 atom stereocenters. The zero-order valence-electron chi connectivity index (χ0n) is 13.4. The Kier molecular flexibility index (Phi) is 3.54. The molecule has 0 spiro atoms. The summed E-state index contributed by atoms with van der Waals surface area (Å²) in [5, 5.41) is 2.36. The van der Waals surface area contributed by atoms with Crippen LogP contribution in [0.15, 0.2) is 36.0 Å². The van der Waals surface area contributed by atoms with Gasteiger partial charge in [0.1, 0.15) is 17.0 Å². The van der Waals surface area contributed by atoms with Gasteiger partial charge in [-0.3, -0.25) is 4.79 Å². The monoisotopic (exact) mass is 384 g/mol. The SMILES string of the molecule is O=C(c1nc(Cl)cs1)N1CCc2[nH]cnc2[C@H]1c1nc2ccccc2[nH]1. The molecule has 26 heavy (non-hydrogen) atoms. The molecular formula is C17H13ClN6OS. The molecule has 0 fully saturated rings. The van der Waals surface area contributed by atoms with Crippen molar-refractivity contribution in [3.63, 3.8) is 0 Å². The molecule has 1 amide bonds. The zero-order chi connectivity index (χ0) is 17.7. The maximum atomic E-state index is 13.1. The molecule has 0 saturated heterocycles. The summed E-state index contributed by atoms with van der Waals surface area (Å²) in [5.74, 6) is 0.524. The number of fused-ring (bicyclic) bond motifs is 2. The number of thiazole rings is 1. The van der Waals surface area contributed by atoms with Crippen LogP contribution in [0, 0.1) is 0 Å². The minimum atomic E-state index is -0.396. The Labute approximate surface area is 157 Å². The van der Waals surface area contributed by atoms with Gasteiger partial charge in [0.25, 0.3) is 5.91 Å². The van der Waals surface area contributed by atoms with E-state index in [0.29, 0.717) is 29.0 Å². The van der Waals surface area contributed by atoms with E-state index in [2.05, 4.69) is 19.9 Å². The topological polar surface area (TPSA) is 90.6 Å². The molecule has 4 heterocycles. The standard InChI is InChI=1S/C17H13ClN6OS/c18-12-7-26-16(23-12)17(25)24-6-5-11-13(20-8-19-11)14(24)15-21-9-3-1-2-4-10(9)22-15/h1-4,7-8,14H,5-6H2,(H,19,20)(H,21,22)/t14-/m0/s1. The molecule has 0 aliphatic carbocycles. The van der Waals surface area contributed by atoms with Crippen LogP contribution < -0.4 is 0 Å². The number of rotatable bonds is 2. The molecule has 130 valence electrons. The first kappa shape index (κ1) is 15.5. The van der Waals surface area contributed by atoms with Crippen LogP contribution in [0.5, 0.6) is 0 Å². The number of benzene rings is 1. The fraction of sp³-hybridized carbons (Fsp3) is 0.176. The molecule has 0 radical (unpaired) electrons. The molecule has 1 aliphatic rings. The van der Waals surface area contributed by atoms with Crippen molar-refractivity contribution in [2.45, 2.75) is 12.5 Å². The van der Waals surface area contributed by atoms with Crippen LogP contribution in [-0.4, -0.2) is 42.3 Å². The Bertz CT molecular complexity index is 1080. The summed E-state index contributed by atoms with van der Waals surface area (Å²) in [4.78, 5) is 34.6. The molecule has 9 heteroatoms.